The topological polar surface area (TPSA) is 127 Å². The Labute approximate surface area is 142 Å². The smallest absolute Gasteiger partial charge is 0.243 e. The Morgan fingerprint density at radius 1 is 1.14 bits per heavy atom. The maximum atomic E-state index is 12.2. The monoisotopic (exact) mass is 354 g/mol. The highest BCUT2D eigenvalue weighted by molar-refractivity contribution is 7.98. The number of hydrogen-bond acceptors (Lipinski definition) is 5. The summed E-state index contributed by atoms with van der Waals surface area (Å²) in [5, 5.41) is 5.17. The van der Waals surface area contributed by atoms with Gasteiger partial charge >= 0.3 is 0 Å². The SMILES string of the molecule is CSCCC(NC(=O)C(CC(C)C)NC(=O)CN)C(N)=O.Cl. The van der Waals surface area contributed by atoms with E-state index in [4.69, 9.17) is 11.5 Å². The third-order valence-electron chi connectivity index (χ3n) is 2.81. The fourth-order valence-electron chi connectivity index (χ4n) is 1.75. The van der Waals surface area contributed by atoms with Crippen molar-refractivity contribution in [2.24, 2.45) is 17.4 Å². The zero-order valence-corrected chi connectivity index (χ0v) is 14.9. The fraction of sp³-hybridized carbons (Fsp3) is 0.769. The van der Waals surface area contributed by atoms with Gasteiger partial charge in [0.15, 0.2) is 0 Å². The van der Waals surface area contributed by atoms with Crippen LogP contribution in [0.2, 0.25) is 0 Å². The summed E-state index contributed by atoms with van der Waals surface area (Å²) in [4.78, 5) is 35.0. The summed E-state index contributed by atoms with van der Waals surface area (Å²) in [5.41, 5.74) is 10.5. The molecule has 22 heavy (non-hydrogen) atoms. The molecule has 0 rings (SSSR count). The second-order valence-electron chi connectivity index (χ2n) is 5.20. The minimum atomic E-state index is -0.727. The highest BCUT2D eigenvalue weighted by Gasteiger charge is 2.25. The van der Waals surface area contributed by atoms with Crippen molar-refractivity contribution in [2.75, 3.05) is 18.6 Å². The maximum absolute atomic E-state index is 12.2. The second-order valence-corrected chi connectivity index (χ2v) is 6.18. The van der Waals surface area contributed by atoms with E-state index in [9.17, 15) is 14.4 Å². The predicted molar refractivity (Wildman–Crippen MR) is 91.8 cm³/mol. The first-order valence-corrected chi connectivity index (χ1v) is 8.29. The highest BCUT2D eigenvalue weighted by atomic mass is 35.5. The number of carbonyl (C=O) groups excluding carboxylic acids is 3. The van der Waals surface area contributed by atoms with Gasteiger partial charge in [0, 0.05) is 0 Å². The molecule has 0 aromatic rings. The van der Waals surface area contributed by atoms with E-state index in [1.165, 1.54) is 0 Å². The van der Waals surface area contributed by atoms with Gasteiger partial charge in [0.25, 0.3) is 0 Å². The van der Waals surface area contributed by atoms with E-state index in [1.807, 2.05) is 20.1 Å². The second kappa shape index (κ2) is 12.5. The zero-order valence-electron chi connectivity index (χ0n) is 13.3. The molecule has 0 aliphatic carbocycles. The Bertz CT molecular complexity index is 369. The third kappa shape index (κ3) is 9.86. The van der Waals surface area contributed by atoms with Gasteiger partial charge in [-0.05, 0) is 30.8 Å². The molecule has 0 spiro atoms. The van der Waals surface area contributed by atoms with Gasteiger partial charge in [-0.25, -0.2) is 0 Å². The van der Waals surface area contributed by atoms with Gasteiger partial charge in [-0.2, -0.15) is 11.8 Å². The lowest BCUT2D eigenvalue weighted by Gasteiger charge is -2.22. The fourth-order valence-corrected chi connectivity index (χ4v) is 2.22. The molecule has 0 saturated heterocycles. The van der Waals surface area contributed by atoms with Crippen LogP contribution in [-0.2, 0) is 14.4 Å². The van der Waals surface area contributed by atoms with Crippen LogP contribution in [0.5, 0.6) is 0 Å². The number of hydrogen-bond donors (Lipinski definition) is 4. The van der Waals surface area contributed by atoms with Gasteiger partial charge in [0.05, 0.1) is 6.54 Å². The molecule has 0 aliphatic heterocycles. The van der Waals surface area contributed by atoms with E-state index in [0.717, 1.165) is 0 Å². The number of nitrogens with one attached hydrogen (secondary N) is 2. The maximum Gasteiger partial charge on any atom is 0.243 e. The molecule has 130 valence electrons. The first-order valence-electron chi connectivity index (χ1n) is 6.89. The Balaban J connectivity index is 0. The van der Waals surface area contributed by atoms with E-state index in [-0.39, 0.29) is 24.9 Å². The van der Waals surface area contributed by atoms with Crippen molar-refractivity contribution in [1.82, 2.24) is 10.6 Å². The summed E-state index contributed by atoms with van der Waals surface area (Å²) in [6.07, 6.45) is 2.83. The Morgan fingerprint density at radius 3 is 2.14 bits per heavy atom. The molecule has 2 atom stereocenters. The molecule has 7 nitrogen and oxygen atoms in total. The highest BCUT2D eigenvalue weighted by Crippen LogP contribution is 2.07. The average molecular weight is 355 g/mol. The lowest BCUT2D eigenvalue weighted by molar-refractivity contribution is -0.131. The minimum absolute atomic E-state index is 0. The summed E-state index contributed by atoms with van der Waals surface area (Å²) in [7, 11) is 0. The van der Waals surface area contributed by atoms with Crippen molar-refractivity contribution >= 4 is 41.9 Å². The number of carbonyl (C=O) groups is 3. The predicted octanol–water partition coefficient (Wildman–Crippen LogP) is -0.379. The molecule has 2 unspecified atom stereocenters. The minimum Gasteiger partial charge on any atom is -0.368 e. The molecular formula is C13H27ClN4O3S. The van der Waals surface area contributed by atoms with Crippen molar-refractivity contribution < 1.29 is 14.4 Å². The summed E-state index contributed by atoms with van der Waals surface area (Å²) >= 11 is 1.56. The molecule has 0 radical (unpaired) electrons. The van der Waals surface area contributed by atoms with Gasteiger partial charge in [-0.15, -0.1) is 12.4 Å². The van der Waals surface area contributed by atoms with Crippen LogP contribution in [0, 0.1) is 5.92 Å². The first kappa shape index (κ1) is 23.3. The van der Waals surface area contributed by atoms with Gasteiger partial charge in [-0.1, -0.05) is 13.8 Å². The largest absolute Gasteiger partial charge is 0.368 e. The Kier molecular flexibility index (Phi) is 13.3. The molecule has 0 heterocycles. The zero-order chi connectivity index (χ0) is 16.4. The van der Waals surface area contributed by atoms with Crippen LogP contribution in [0.25, 0.3) is 0 Å². The molecule has 3 amide bonds. The van der Waals surface area contributed by atoms with Crippen LogP contribution in [0.3, 0.4) is 0 Å². The van der Waals surface area contributed by atoms with Crippen LogP contribution >= 0.6 is 24.2 Å². The van der Waals surface area contributed by atoms with Crippen molar-refractivity contribution in [1.29, 1.82) is 0 Å². The summed E-state index contributed by atoms with van der Waals surface area (Å²) in [5.74, 6) is -0.480. The molecule has 0 saturated carbocycles. The van der Waals surface area contributed by atoms with E-state index in [2.05, 4.69) is 10.6 Å². The molecule has 0 aliphatic rings. The van der Waals surface area contributed by atoms with Crippen LogP contribution in [0.15, 0.2) is 0 Å². The molecule has 0 bridgehead atoms. The number of halogens is 1. The van der Waals surface area contributed by atoms with Crippen LogP contribution in [-0.4, -0.2) is 48.4 Å². The van der Waals surface area contributed by atoms with E-state index < -0.39 is 29.8 Å². The lowest BCUT2D eigenvalue weighted by atomic mass is 10.0. The quantitative estimate of drug-likeness (QED) is 0.425. The molecular weight excluding hydrogens is 328 g/mol. The molecule has 0 aromatic carbocycles. The molecule has 9 heteroatoms. The van der Waals surface area contributed by atoms with Gasteiger partial charge in [-0.3, -0.25) is 14.4 Å². The number of amides is 3. The van der Waals surface area contributed by atoms with Gasteiger partial charge in [0.2, 0.25) is 17.7 Å². The van der Waals surface area contributed by atoms with E-state index >= 15 is 0 Å². The number of rotatable bonds is 10. The number of primary amides is 1. The molecule has 0 fully saturated rings. The van der Waals surface area contributed by atoms with Crippen LogP contribution < -0.4 is 22.1 Å². The van der Waals surface area contributed by atoms with E-state index in [0.29, 0.717) is 18.6 Å². The summed E-state index contributed by atoms with van der Waals surface area (Å²) in [6, 6.07) is -1.44. The Morgan fingerprint density at radius 2 is 1.73 bits per heavy atom. The Hall–Kier alpha value is -0.990. The molecule has 6 N–H and O–H groups in total. The van der Waals surface area contributed by atoms with Crippen molar-refractivity contribution in [2.45, 2.75) is 38.8 Å². The third-order valence-corrected chi connectivity index (χ3v) is 3.46. The van der Waals surface area contributed by atoms with Crippen molar-refractivity contribution in [3.05, 3.63) is 0 Å². The van der Waals surface area contributed by atoms with Crippen LogP contribution in [0.4, 0.5) is 0 Å². The van der Waals surface area contributed by atoms with Gasteiger partial charge in [0.1, 0.15) is 12.1 Å². The number of thioether (sulfide) groups is 1. The first-order chi connectivity index (χ1) is 9.81. The standard InChI is InChI=1S/C13H26N4O3S.ClH/c1-8(2)6-10(16-11(18)7-14)13(20)17-9(12(15)19)4-5-21-3;/h8-10H,4-7,14H2,1-3H3,(H2,15,19)(H,16,18)(H,17,20);1H. The molecule has 0 aromatic heterocycles. The van der Waals surface area contributed by atoms with Crippen molar-refractivity contribution in [3.8, 4) is 0 Å². The number of nitrogens with two attached hydrogens (primary N) is 2. The lowest BCUT2D eigenvalue weighted by Crippen LogP contribution is -2.54. The summed E-state index contributed by atoms with van der Waals surface area (Å²) < 4.78 is 0. The van der Waals surface area contributed by atoms with Gasteiger partial charge < -0.3 is 22.1 Å². The summed E-state index contributed by atoms with van der Waals surface area (Å²) in [6.45, 7) is 3.69. The van der Waals surface area contributed by atoms with Crippen molar-refractivity contribution in [3.63, 3.8) is 0 Å². The van der Waals surface area contributed by atoms with Crippen LogP contribution in [0.1, 0.15) is 26.7 Å². The van der Waals surface area contributed by atoms with E-state index in [1.54, 1.807) is 11.8 Å². The average Bonchev–Trinajstić information content (AvgIpc) is 2.41. The normalized spacial score (nSPS) is 13.0.